The highest BCUT2D eigenvalue weighted by molar-refractivity contribution is 7.89. The van der Waals surface area contributed by atoms with Crippen LogP contribution < -0.4 is 0 Å². The number of hydrogen-bond acceptors (Lipinski definition) is 5. The Balaban J connectivity index is 1.62. The third kappa shape index (κ3) is 4.02. The van der Waals surface area contributed by atoms with Crippen LogP contribution in [0.2, 0.25) is 0 Å². The highest BCUT2D eigenvalue weighted by Gasteiger charge is 2.29. The fourth-order valence-corrected chi connectivity index (χ4v) is 4.69. The van der Waals surface area contributed by atoms with E-state index >= 15 is 0 Å². The molecule has 1 amide bonds. The molecule has 1 aromatic carbocycles. The summed E-state index contributed by atoms with van der Waals surface area (Å²) >= 11 is 1.56. The van der Waals surface area contributed by atoms with Crippen LogP contribution in [0.25, 0.3) is 6.08 Å². The van der Waals surface area contributed by atoms with Gasteiger partial charge in [-0.05, 0) is 52.7 Å². The topological polar surface area (TPSA) is 81.5 Å². The van der Waals surface area contributed by atoms with Crippen molar-refractivity contribution in [1.29, 1.82) is 5.26 Å². The summed E-state index contributed by atoms with van der Waals surface area (Å²) < 4.78 is 26.7. The number of nitrogens with zero attached hydrogens (tertiary/aromatic N) is 3. The minimum Gasteiger partial charge on any atom is -0.337 e. The summed E-state index contributed by atoms with van der Waals surface area (Å²) in [7, 11) is -3.61. The molecule has 134 valence electrons. The van der Waals surface area contributed by atoms with Gasteiger partial charge in [-0.15, -0.1) is 0 Å². The molecule has 0 spiro atoms. The van der Waals surface area contributed by atoms with Crippen LogP contribution in [0.4, 0.5) is 0 Å². The van der Waals surface area contributed by atoms with Crippen molar-refractivity contribution in [2.75, 3.05) is 26.2 Å². The first kappa shape index (κ1) is 18.3. The predicted molar refractivity (Wildman–Crippen MR) is 99.8 cm³/mol. The van der Waals surface area contributed by atoms with Crippen molar-refractivity contribution in [3.05, 3.63) is 58.3 Å². The van der Waals surface area contributed by atoms with E-state index in [1.807, 2.05) is 22.9 Å². The van der Waals surface area contributed by atoms with Crippen LogP contribution in [0.5, 0.6) is 0 Å². The third-order valence-electron chi connectivity index (χ3n) is 4.13. The van der Waals surface area contributed by atoms with Gasteiger partial charge in [0.1, 0.15) is 0 Å². The van der Waals surface area contributed by atoms with E-state index in [4.69, 9.17) is 5.26 Å². The van der Waals surface area contributed by atoms with E-state index in [2.05, 4.69) is 0 Å². The Labute approximate surface area is 156 Å². The van der Waals surface area contributed by atoms with E-state index < -0.39 is 10.0 Å². The van der Waals surface area contributed by atoms with Crippen LogP contribution in [-0.2, 0) is 14.8 Å². The summed E-state index contributed by atoms with van der Waals surface area (Å²) in [5.41, 5.74) is 1.39. The number of nitriles is 1. The molecule has 0 radical (unpaired) electrons. The Morgan fingerprint density at radius 3 is 2.38 bits per heavy atom. The minimum atomic E-state index is -3.61. The van der Waals surface area contributed by atoms with Crippen molar-refractivity contribution in [1.82, 2.24) is 9.21 Å². The second-order valence-electron chi connectivity index (χ2n) is 5.76. The lowest BCUT2D eigenvalue weighted by molar-refractivity contribution is -0.127. The van der Waals surface area contributed by atoms with Crippen molar-refractivity contribution < 1.29 is 13.2 Å². The maximum absolute atomic E-state index is 12.7. The van der Waals surface area contributed by atoms with Gasteiger partial charge < -0.3 is 4.90 Å². The molecule has 0 atom stereocenters. The molecule has 1 aliphatic rings. The first-order valence-electron chi connectivity index (χ1n) is 8.00. The lowest BCUT2D eigenvalue weighted by Gasteiger charge is -2.33. The second-order valence-corrected chi connectivity index (χ2v) is 8.47. The zero-order valence-corrected chi connectivity index (χ0v) is 15.5. The zero-order valence-electron chi connectivity index (χ0n) is 13.9. The number of sulfonamides is 1. The third-order valence-corrected chi connectivity index (χ3v) is 6.75. The highest BCUT2D eigenvalue weighted by Crippen LogP contribution is 2.18. The molecule has 0 bridgehead atoms. The average molecular weight is 387 g/mol. The summed E-state index contributed by atoms with van der Waals surface area (Å²) in [4.78, 5) is 14.0. The molecule has 6 nitrogen and oxygen atoms in total. The van der Waals surface area contributed by atoms with Crippen molar-refractivity contribution in [2.45, 2.75) is 4.90 Å². The van der Waals surface area contributed by atoms with E-state index in [1.54, 1.807) is 22.3 Å². The first-order valence-corrected chi connectivity index (χ1v) is 10.4. The van der Waals surface area contributed by atoms with Crippen LogP contribution in [0.3, 0.4) is 0 Å². The van der Waals surface area contributed by atoms with Crippen LogP contribution in [0.1, 0.15) is 11.1 Å². The molecule has 0 N–H and O–H groups in total. The van der Waals surface area contributed by atoms with E-state index in [9.17, 15) is 13.2 Å². The van der Waals surface area contributed by atoms with Gasteiger partial charge in [0.15, 0.2) is 0 Å². The minimum absolute atomic E-state index is 0.119. The molecular formula is C18H17N3O3S2. The molecule has 1 fully saturated rings. The molecule has 2 aromatic rings. The molecular weight excluding hydrogens is 370 g/mol. The van der Waals surface area contributed by atoms with E-state index in [-0.39, 0.29) is 23.9 Å². The molecule has 0 unspecified atom stereocenters. The van der Waals surface area contributed by atoms with Gasteiger partial charge in [0, 0.05) is 32.3 Å². The van der Waals surface area contributed by atoms with Crippen LogP contribution in [0, 0.1) is 11.3 Å². The molecule has 1 aromatic heterocycles. The first-order chi connectivity index (χ1) is 12.5. The Morgan fingerprint density at radius 1 is 1.12 bits per heavy atom. The summed E-state index contributed by atoms with van der Waals surface area (Å²) in [6.07, 6.45) is 3.28. The molecule has 0 aliphatic carbocycles. The van der Waals surface area contributed by atoms with Crippen molar-refractivity contribution in [3.8, 4) is 6.07 Å². The number of benzene rings is 1. The van der Waals surface area contributed by atoms with Gasteiger partial charge >= 0.3 is 0 Å². The Kier molecular flexibility index (Phi) is 5.52. The lowest BCUT2D eigenvalue weighted by Crippen LogP contribution is -2.50. The largest absolute Gasteiger partial charge is 0.337 e. The predicted octanol–water partition coefficient (Wildman–Crippen LogP) is 2.17. The summed E-state index contributed by atoms with van der Waals surface area (Å²) in [5.74, 6) is -0.119. The van der Waals surface area contributed by atoms with Gasteiger partial charge in [-0.2, -0.15) is 20.9 Å². The van der Waals surface area contributed by atoms with E-state index in [0.29, 0.717) is 18.7 Å². The quantitative estimate of drug-likeness (QED) is 0.753. The van der Waals surface area contributed by atoms with Gasteiger partial charge in [-0.1, -0.05) is 0 Å². The summed E-state index contributed by atoms with van der Waals surface area (Å²) in [6, 6.07) is 9.75. The number of carbonyl (C=O) groups excluding carboxylic acids is 1. The van der Waals surface area contributed by atoms with Crippen molar-refractivity contribution in [3.63, 3.8) is 0 Å². The molecule has 2 heterocycles. The van der Waals surface area contributed by atoms with E-state index in [0.717, 1.165) is 5.56 Å². The smallest absolute Gasteiger partial charge is 0.246 e. The van der Waals surface area contributed by atoms with Gasteiger partial charge in [0.25, 0.3) is 0 Å². The zero-order chi connectivity index (χ0) is 18.6. The Morgan fingerprint density at radius 2 is 1.81 bits per heavy atom. The highest BCUT2D eigenvalue weighted by atomic mass is 32.2. The SMILES string of the molecule is N#Cc1ccc(S(=O)(=O)N2CCN(C(=O)C=Cc3ccsc3)CC2)cc1. The van der Waals surface area contributed by atoms with Crippen molar-refractivity contribution in [2.24, 2.45) is 0 Å². The molecule has 0 saturated carbocycles. The fraction of sp³-hybridized carbons (Fsp3) is 0.222. The van der Waals surface area contributed by atoms with Crippen molar-refractivity contribution >= 4 is 33.3 Å². The molecule has 1 saturated heterocycles. The monoisotopic (exact) mass is 387 g/mol. The number of piperazine rings is 1. The molecule has 3 rings (SSSR count). The molecule has 1 aliphatic heterocycles. The summed E-state index contributed by atoms with van der Waals surface area (Å²) in [6.45, 7) is 1.20. The number of amides is 1. The normalized spacial score (nSPS) is 15.9. The fourth-order valence-electron chi connectivity index (χ4n) is 2.64. The van der Waals surface area contributed by atoms with Gasteiger partial charge in [-0.25, -0.2) is 8.42 Å². The number of hydrogen-bond donors (Lipinski definition) is 0. The average Bonchev–Trinajstić information content (AvgIpc) is 3.20. The van der Waals surface area contributed by atoms with E-state index in [1.165, 1.54) is 34.6 Å². The van der Waals surface area contributed by atoms with Gasteiger partial charge in [-0.3, -0.25) is 4.79 Å². The number of rotatable bonds is 4. The Bertz CT molecular complexity index is 935. The molecule has 8 heteroatoms. The standard InChI is InChI=1S/C18H17N3O3S2/c19-13-15-1-4-17(5-2-15)26(23,24)21-10-8-20(9-11-21)18(22)6-3-16-7-12-25-14-16/h1-7,12,14H,8-11H2. The van der Waals surface area contributed by atoms with Crippen LogP contribution >= 0.6 is 11.3 Å². The van der Waals surface area contributed by atoms with Crippen LogP contribution in [-0.4, -0.2) is 49.7 Å². The number of carbonyl (C=O) groups is 1. The number of thiophene rings is 1. The van der Waals surface area contributed by atoms with Crippen LogP contribution in [0.15, 0.2) is 52.1 Å². The van der Waals surface area contributed by atoms with Gasteiger partial charge in [0.05, 0.1) is 16.5 Å². The Hall–Kier alpha value is -2.47. The lowest BCUT2D eigenvalue weighted by atomic mass is 10.2. The van der Waals surface area contributed by atoms with Gasteiger partial charge in [0.2, 0.25) is 15.9 Å². The molecule has 26 heavy (non-hydrogen) atoms. The summed E-state index contributed by atoms with van der Waals surface area (Å²) in [5, 5.41) is 12.7. The maximum Gasteiger partial charge on any atom is 0.246 e. The maximum atomic E-state index is 12.7. The second kappa shape index (κ2) is 7.83.